The minimum Gasteiger partial charge on any atom is -0.456 e. The standard InChI is InChI=1S/C25H28ClN5O3/c1-16-6-11-21(34-16)24(33)27-14-22(32)31-12-4-5-18(15-31)23-20(13-28-25(29-23)30(2)3)17-7-9-19(26)10-8-17/h6-11,13,18H,4-5,12,14-15H2,1-3H3,(H,27,33)/t18-/m1/s1. The number of likely N-dealkylation sites (tertiary alicyclic amines) is 1. The van der Waals surface area contributed by atoms with E-state index in [1.807, 2.05) is 49.5 Å². The molecule has 1 saturated heterocycles. The number of carbonyl (C=O) groups is 2. The number of aryl methyl sites for hydroxylation is 1. The molecule has 0 spiro atoms. The molecule has 1 atom stereocenters. The van der Waals surface area contributed by atoms with Gasteiger partial charge in [-0.05, 0) is 49.6 Å². The molecule has 178 valence electrons. The highest BCUT2D eigenvalue weighted by molar-refractivity contribution is 6.30. The van der Waals surface area contributed by atoms with Gasteiger partial charge in [0.1, 0.15) is 5.76 Å². The van der Waals surface area contributed by atoms with E-state index < -0.39 is 5.91 Å². The van der Waals surface area contributed by atoms with Crippen LogP contribution in [0.1, 0.15) is 40.8 Å². The van der Waals surface area contributed by atoms with Gasteiger partial charge in [-0.15, -0.1) is 0 Å². The topological polar surface area (TPSA) is 91.6 Å². The molecule has 0 radical (unpaired) electrons. The van der Waals surface area contributed by atoms with Crippen LogP contribution >= 0.6 is 11.6 Å². The largest absolute Gasteiger partial charge is 0.456 e. The van der Waals surface area contributed by atoms with Gasteiger partial charge in [-0.2, -0.15) is 0 Å². The van der Waals surface area contributed by atoms with Crippen LogP contribution in [0.3, 0.4) is 0 Å². The summed E-state index contributed by atoms with van der Waals surface area (Å²) in [5.41, 5.74) is 2.82. The second-order valence-corrected chi connectivity index (χ2v) is 9.08. The Kier molecular flexibility index (Phi) is 7.17. The van der Waals surface area contributed by atoms with Crippen molar-refractivity contribution >= 4 is 29.4 Å². The average Bonchev–Trinajstić information content (AvgIpc) is 3.29. The SMILES string of the molecule is Cc1ccc(C(=O)NCC(=O)N2CCC[C@@H](c3nc(N(C)C)ncc3-c3ccc(Cl)cc3)C2)o1. The van der Waals surface area contributed by atoms with Gasteiger partial charge in [0.15, 0.2) is 5.76 Å². The third-order valence-electron chi connectivity index (χ3n) is 5.89. The molecular formula is C25H28ClN5O3. The molecule has 1 fully saturated rings. The number of nitrogens with one attached hydrogen (secondary N) is 1. The van der Waals surface area contributed by atoms with Crippen molar-refractivity contribution in [1.29, 1.82) is 0 Å². The molecule has 3 heterocycles. The molecule has 0 unspecified atom stereocenters. The van der Waals surface area contributed by atoms with E-state index >= 15 is 0 Å². The van der Waals surface area contributed by atoms with Crippen molar-refractivity contribution in [3.63, 3.8) is 0 Å². The van der Waals surface area contributed by atoms with Crippen molar-refractivity contribution in [1.82, 2.24) is 20.2 Å². The van der Waals surface area contributed by atoms with Crippen LogP contribution in [-0.2, 0) is 4.79 Å². The second-order valence-electron chi connectivity index (χ2n) is 8.64. The Morgan fingerprint density at radius 3 is 2.65 bits per heavy atom. The van der Waals surface area contributed by atoms with Gasteiger partial charge in [-0.3, -0.25) is 9.59 Å². The minimum atomic E-state index is -0.397. The summed E-state index contributed by atoms with van der Waals surface area (Å²) in [6.07, 6.45) is 3.60. The molecule has 0 aliphatic carbocycles. The summed E-state index contributed by atoms with van der Waals surface area (Å²) in [4.78, 5) is 38.2. The van der Waals surface area contributed by atoms with Crippen molar-refractivity contribution in [2.24, 2.45) is 0 Å². The van der Waals surface area contributed by atoms with Gasteiger partial charge >= 0.3 is 0 Å². The number of hydrogen-bond donors (Lipinski definition) is 1. The van der Waals surface area contributed by atoms with Crippen molar-refractivity contribution in [2.45, 2.75) is 25.7 Å². The molecule has 0 saturated carbocycles. The lowest BCUT2D eigenvalue weighted by Crippen LogP contribution is -2.44. The number of amides is 2. The molecule has 1 aromatic carbocycles. The molecular weight excluding hydrogens is 454 g/mol. The highest BCUT2D eigenvalue weighted by Gasteiger charge is 2.28. The summed E-state index contributed by atoms with van der Waals surface area (Å²) >= 11 is 6.08. The molecule has 2 amide bonds. The maximum atomic E-state index is 12.9. The van der Waals surface area contributed by atoms with E-state index in [2.05, 4.69) is 10.3 Å². The van der Waals surface area contributed by atoms with Crippen LogP contribution in [0.4, 0.5) is 5.95 Å². The fourth-order valence-corrected chi connectivity index (χ4v) is 4.23. The molecule has 4 rings (SSSR count). The first-order valence-electron chi connectivity index (χ1n) is 11.2. The van der Waals surface area contributed by atoms with Crippen LogP contribution in [-0.4, -0.2) is 60.4 Å². The van der Waals surface area contributed by atoms with Crippen LogP contribution < -0.4 is 10.2 Å². The molecule has 34 heavy (non-hydrogen) atoms. The molecule has 1 N–H and O–H groups in total. The predicted octanol–water partition coefficient (Wildman–Crippen LogP) is 3.90. The second kappa shape index (κ2) is 10.3. The van der Waals surface area contributed by atoms with E-state index in [9.17, 15) is 9.59 Å². The van der Waals surface area contributed by atoms with E-state index in [1.165, 1.54) is 0 Å². The van der Waals surface area contributed by atoms with Gasteiger partial charge in [0.05, 0.1) is 12.2 Å². The highest BCUT2D eigenvalue weighted by atomic mass is 35.5. The average molecular weight is 482 g/mol. The third-order valence-corrected chi connectivity index (χ3v) is 6.14. The third kappa shape index (κ3) is 5.39. The number of benzene rings is 1. The maximum absolute atomic E-state index is 12.9. The smallest absolute Gasteiger partial charge is 0.287 e. The summed E-state index contributed by atoms with van der Waals surface area (Å²) in [6, 6.07) is 10.9. The predicted molar refractivity (Wildman–Crippen MR) is 131 cm³/mol. The quantitative estimate of drug-likeness (QED) is 0.574. The number of nitrogens with zero attached hydrogens (tertiary/aromatic N) is 4. The van der Waals surface area contributed by atoms with Crippen molar-refractivity contribution in [3.8, 4) is 11.1 Å². The molecule has 8 nitrogen and oxygen atoms in total. The van der Waals surface area contributed by atoms with E-state index in [-0.39, 0.29) is 24.1 Å². The summed E-state index contributed by atoms with van der Waals surface area (Å²) in [7, 11) is 3.81. The zero-order valence-corrected chi connectivity index (χ0v) is 20.3. The molecule has 0 bridgehead atoms. The van der Waals surface area contributed by atoms with Gasteiger partial charge in [-0.1, -0.05) is 23.7 Å². The van der Waals surface area contributed by atoms with Crippen LogP contribution in [0.5, 0.6) is 0 Å². The van der Waals surface area contributed by atoms with Gasteiger partial charge in [-0.25, -0.2) is 9.97 Å². The fourth-order valence-electron chi connectivity index (χ4n) is 4.10. The first kappa shape index (κ1) is 23.8. The lowest BCUT2D eigenvalue weighted by atomic mass is 9.90. The van der Waals surface area contributed by atoms with E-state index in [0.717, 1.165) is 29.7 Å². The van der Waals surface area contributed by atoms with Gasteiger partial charge in [0.2, 0.25) is 11.9 Å². The van der Waals surface area contributed by atoms with Gasteiger partial charge in [0, 0.05) is 49.9 Å². The molecule has 9 heteroatoms. The number of hydrogen-bond acceptors (Lipinski definition) is 6. The minimum absolute atomic E-state index is 0.0495. The first-order valence-corrected chi connectivity index (χ1v) is 11.6. The normalized spacial score (nSPS) is 15.8. The van der Waals surface area contributed by atoms with Gasteiger partial charge in [0.25, 0.3) is 5.91 Å². The Morgan fingerprint density at radius 1 is 1.21 bits per heavy atom. The van der Waals surface area contributed by atoms with Gasteiger partial charge < -0.3 is 19.5 Å². The lowest BCUT2D eigenvalue weighted by molar-refractivity contribution is -0.131. The Balaban J connectivity index is 1.51. The maximum Gasteiger partial charge on any atom is 0.287 e. The number of halogens is 1. The van der Waals surface area contributed by atoms with Crippen LogP contribution in [0.2, 0.25) is 5.02 Å². The summed E-state index contributed by atoms with van der Waals surface area (Å²) in [5, 5.41) is 3.33. The molecule has 3 aromatic rings. The van der Waals surface area contributed by atoms with E-state index in [1.54, 1.807) is 24.0 Å². The van der Waals surface area contributed by atoms with Crippen molar-refractivity contribution in [2.75, 3.05) is 38.6 Å². The number of anilines is 1. The molecule has 1 aliphatic rings. The Hall–Kier alpha value is -3.39. The summed E-state index contributed by atoms with van der Waals surface area (Å²) in [5.74, 6) is 0.994. The Bertz CT molecular complexity index is 1180. The number of furan rings is 1. The number of rotatable bonds is 6. The zero-order chi connectivity index (χ0) is 24.2. The van der Waals surface area contributed by atoms with Crippen molar-refractivity contribution < 1.29 is 14.0 Å². The lowest BCUT2D eigenvalue weighted by Gasteiger charge is -2.33. The fraction of sp³-hybridized carbons (Fsp3) is 0.360. The highest BCUT2D eigenvalue weighted by Crippen LogP contribution is 2.34. The monoisotopic (exact) mass is 481 g/mol. The summed E-state index contributed by atoms with van der Waals surface area (Å²) < 4.78 is 5.33. The Labute approximate surface area is 203 Å². The molecule has 1 aliphatic heterocycles. The first-order chi connectivity index (χ1) is 16.3. The van der Waals surface area contributed by atoms with Crippen LogP contribution in [0.25, 0.3) is 11.1 Å². The summed E-state index contributed by atoms with van der Waals surface area (Å²) in [6.45, 7) is 2.86. The Morgan fingerprint density at radius 2 is 1.97 bits per heavy atom. The van der Waals surface area contributed by atoms with Crippen LogP contribution in [0, 0.1) is 6.92 Å². The number of piperidine rings is 1. The van der Waals surface area contributed by atoms with E-state index in [4.69, 9.17) is 21.0 Å². The van der Waals surface area contributed by atoms with Crippen molar-refractivity contribution in [3.05, 3.63) is 64.8 Å². The molecule has 2 aromatic heterocycles. The number of aromatic nitrogens is 2. The zero-order valence-electron chi connectivity index (χ0n) is 19.5. The number of carbonyl (C=O) groups excluding carboxylic acids is 2. The van der Waals surface area contributed by atoms with E-state index in [0.29, 0.717) is 29.8 Å². The van der Waals surface area contributed by atoms with Crippen LogP contribution in [0.15, 0.2) is 47.0 Å².